The standard InChI is InChI=1S/C24H44OSi/c1-2-3-4-5-6-7-8-9-10-11-12-13-14-15-19-22-24(26-25)23-20-17-16-18-21-23/h16-18,20-21,24-25H,2-15,19,22,26H2,1H3. The molecule has 0 spiro atoms. The molecule has 0 aliphatic carbocycles. The van der Waals surface area contributed by atoms with Crippen molar-refractivity contribution in [2.45, 2.75) is 115 Å². The second-order valence-corrected chi connectivity index (χ2v) is 9.38. The Morgan fingerprint density at radius 1 is 0.654 bits per heavy atom. The van der Waals surface area contributed by atoms with Crippen molar-refractivity contribution in [2.75, 3.05) is 0 Å². The molecule has 1 nitrogen and oxygen atoms in total. The summed E-state index contributed by atoms with van der Waals surface area (Å²) in [4.78, 5) is 9.73. The minimum absolute atomic E-state index is 0.471. The molecule has 0 saturated heterocycles. The Balaban J connectivity index is 1.83. The second-order valence-electron chi connectivity index (χ2n) is 8.03. The van der Waals surface area contributed by atoms with Crippen LogP contribution in [0.4, 0.5) is 0 Å². The summed E-state index contributed by atoms with van der Waals surface area (Å²) in [5, 5.41) is 0. The van der Waals surface area contributed by atoms with Gasteiger partial charge in [-0.15, -0.1) is 0 Å². The van der Waals surface area contributed by atoms with Gasteiger partial charge in [-0.25, -0.2) is 0 Å². The van der Waals surface area contributed by atoms with Crippen molar-refractivity contribution in [3.63, 3.8) is 0 Å². The van der Waals surface area contributed by atoms with Gasteiger partial charge in [0.2, 0.25) is 0 Å². The van der Waals surface area contributed by atoms with Crippen LogP contribution in [-0.2, 0) is 0 Å². The van der Waals surface area contributed by atoms with Gasteiger partial charge in [-0.2, -0.15) is 0 Å². The van der Waals surface area contributed by atoms with Crippen molar-refractivity contribution in [2.24, 2.45) is 0 Å². The molecule has 0 aliphatic rings. The summed E-state index contributed by atoms with van der Waals surface area (Å²) in [6, 6.07) is 10.6. The summed E-state index contributed by atoms with van der Waals surface area (Å²) >= 11 is 0. The molecule has 1 aromatic rings. The van der Waals surface area contributed by atoms with E-state index in [0.717, 1.165) is 0 Å². The van der Waals surface area contributed by atoms with E-state index in [1.54, 1.807) is 0 Å². The molecule has 1 rings (SSSR count). The van der Waals surface area contributed by atoms with Crippen molar-refractivity contribution in [3.05, 3.63) is 35.9 Å². The van der Waals surface area contributed by atoms with Crippen molar-refractivity contribution in [1.82, 2.24) is 0 Å². The zero-order valence-electron chi connectivity index (χ0n) is 17.4. The lowest BCUT2D eigenvalue weighted by molar-refractivity contribution is 0.522. The first kappa shape index (κ1) is 23.4. The summed E-state index contributed by atoms with van der Waals surface area (Å²) in [5.74, 6) is 0. The van der Waals surface area contributed by atoms with Crippen LogP contribution in [0.2, 0.25) is 0 Å². The van der Waals surface area contributed by atoms with E-state index < -0.39 is 9.76 Å². The average molecular weight is 377 g/mol. The smallest absolute Gasteiger partial charge is 0.164 e. The zero-order chi connectivity index (χ0) is 18.7. The van der Waals surface area contributed by atoms with Crippen LogP contribution in [0.3, 0.4) is 0 Å². The van der Waals surface area contributed by atoms with Crippen LogP contribution in [0.15, 0.2) is 30.3 Å². The van der Waals surface area contributed by atoms with E-state index in [0.29, 0.717) is 5.54 Å². The molecule has 0 fully saturated rings. The normalized spacial score (nSPS) is 12.8. The highest BCUT2D eigenvalue weighted by molar-refractivity contribution is 6.28. The van der Waals surface area contributed by atoms with Crippen LogP contribution in [0, 0.1) is 0 Å². The minimum atomic E-state index is -0.935. The monoisotopic (exact) mass is 376 g/mol. The minimum Gasteiger partial charge on any atom is -0.438 e. The molecule has 1 aromatic carbocycles. The van der Waals surface area contributed by atoms with Crippen LogP contribution in [0.25, 0.3) is 0 Å². The first-order valence-electron chi connectivity index (χ1n) is 11.5. The van der Waals surface area contributed by atoms with Crippen molar-refractivity contribution in [3.8, 4) is 0 Å². The molecule has 0 amide bonds. The molecular formula is C24H44OSi. The van der Waals surface area contributed by atoms with Gasteiger partial charge in [0.15, 0.2) is 9.76 Å². The van der Waals surface area contributed by atoms with E-state index in [2.05, 4.69) is 37.3 Å². The van der Waals surface area contributed by atoms with Crippen molar-refractivity contribution < 1.29 is 4.80 Å². The fourth-order valence-corrected chi connectivity index (χ4v) is 4.80. The van der Waals surface area contributed by atoms with Crippen LogP contribution >= 0.6 is 0 Å². The first-order chi connectivity index (χ1) is 12.9. The predicted molar refractivity (Wildman–Crippen MR) is 119 cm³/mol. The summed E-state index contributed by atoms with van der Waals surface area (Å²) in [6.07, 6.45) is 22.4. The Morgan fingerprint density at radius 2 is 1.08 bits per heavy atom. The van der Waals surface area contributed by atoms with Crippen LogP contribution < -0.4 is 0 Å². The average Bonchev–Trinajstić information content (AvgIpc) is 2.68. The molecule has 26 heavy (non-hydrogen) atoms. The zero-order valence-corrected chi connectivity index (χ0v) is 18.8. The van der Waals surface area contributed by atoms with E-state index in [9.17, 15) is 4.80 Å². The number of rotatable bonds is 18. The third-order valence-electron chi connectivity index (χ3n) is 5.65. The van der Waals surface area contributed by atoms with Crippen LogP contribution in [-0.4, -0.2) is 14.6 Å². The van der Waals surface area contributed by atoms with Gasteiger partial charge in [-0.05, 0) is 17.5 Å². The molecule has 1 atom stereocenters. The maximum atomic E-state index is 9.73. The maximum absolute atomic E-state index is 9.73. The lowest BCUT2D eigenvalue weighted by Crippen LogP contribution is -2.07. The van der Waals surface area contributed by atoms with Gasteiger partial charge in [-0.3, -0.25) is 0 Å². The third-order valence-corrected chi connectivity index (χ3v) is 6.97. The van der Waals surface area contributed by atoms with E-state index in [4.69, 9.17) is 0 Å². The Bertz CT molecular complexity index is 392. The molecule has 0 heterocycles. The largest absolute Gasteiger partial charge is 0.438 e. The summed E-state index contributed by atoms with van der Waals surface area (Å²) in [5.41, 5.74) is 1.82. The predicted octanol–water partition coefficient (Wildman–Crippen LogP) is 7.07. The lowest BCUT2D eigenvalue weighted by atomic mass is 10.0. The van der Waals surface area contributed by atoms with Gasteiger partial charge < -0.3 is 4.80 Å². The Morgan fingerprint density at radius 3 is 1.50 bits per heavy atom. The van der Waals surface area contributed by atoms with Gasteiger partial charge in [0.1, 0.15) is 0 Å². The van der Waals surface area contributed by atoms with Crippen LogP contribution in [0.1, 0.15) is 121 Å². The van der Waals surface area contributed by atoms with Gasteiger partial charge in [-0.1, -0.05) is 134 Å². The molecule has 150 valence electrons. The lowest BCUT2D eigenvalue weighted by Gasteiger charge is -2.13. The molecule has 0 aliphatic heterocycles. The van der Waals surface area contributed by atoms with E-state index in [1.165, 1.54) is 108 Å². The Labute approximate surface area is 165 Å². The number of hydrogen-bond acceptors (Lipinski definition) is 1. The highest BCUT2D eigenvalue weighted by atomic mass is 28.2. The highest BCUT2D eigenvalue weighted by Crippen LogP contribution is 2.21. The maximum Gasteiger partial charge on any atom is 0.164 e. The van der Waals surface area contributed by atoms with E-state index in [1.807, 2.05) is 0 Å². The van der Waals surface area contributed by atoms with Crippen LogP contribution in [0.5, 0.6) is 0 Å². The quantitative estimate of drug-likeness (QED) is 0.215. The van der Waals surface area contributed by atoms with Crippen molar-refractivity contribution >= 4 is 9.76 Å². The fraction of sp³-hybridized carbons (Fsp3) is 0.750. The van der Waals surface area contributed by atoms with Gasteiger partial charge >= 0.3 is 0 Å². The number of unbranched alkanes of at least 4 members (excludes halogenated alkanes) is 14. The summed E-state index contributed by atoms with van der Waals surface area (Å²) in [6.45, 7) is 2.29. The Kier molecular flexibility index (Phi) is 16.0. The number of benzene rings is 1. The number of hydrogen-bond donors (Lipinski definition) is 1. The van der Waals surface area contributed by atoms with Crippen molar-refractivity contribution in [1.29, 1.82) is 0 Å². The highest BCUT2D eigenvalue weighted by Gasteiger charge is 2.09. The van der Waals surface area contributed by atoms with Gasteiger partial charge in [0.25, 0.3) is 0 Å². The molecule has 0 radical (unpaired) electrons. The topological polar surface area (TPSA) is 20.2 Å². The van der Waals surface area contributed by atoms with E-state index in [-0.39, 0.29) is 0 Å². The Hall–Kier alpha value is -0.603. The molecule has 0 saturated carbocycles. The van der Waals surface area contributed by atoms with Gasteiger partial charge in [0, 0.05) is 0 Å². The van der Waals surface area contributed by atoms with E-state index >= 15 is 0 Å². The molecule has 0 bridgehead atoms. The van der Waals surface area contributed by atoms with Gasteiger partial charge in [0.05, 0.1) is 0 Å². The summed E-state index contributed by atoms with van der Waals surface area (Å²) < 4.78 is 0. The molecular weight excluding hydrogens is 332 g/mol. The molecule has 2 heteroatoms. The summed E-state index contributed by atoms with van der Waals surface area (Å²) in [7, 11) is -0.935. The molecule has 0 aromatic heterocycles. The SMILES string of the molecule is CCCCCCCCCCCCCCCCCC([SiH2]O)c1ccccc1. The second kappa shape index (κ2) is 17.8. The fourth-order valence-electron chi connectivity index (χ4n) is 3.85. The first-order valence-corrected chi connectivity index (χ1v) is 13.0. The molecule has 1 unspecified atom stereocenters. The third kappa shape index (κ3) is 12.7. The molecule has 1 N–H and O–H groups in total.